The summed E-state index contributed by atoms with van der Waals surface area (Å²) in [6, 6.07) is 0. The molecule has 0 radical (unpaired) electrons. The van der Waals surface area contributed by atoms with Gasteiger partial charge in [0.1, 0.15) is 0 Å². The summed E-state index contributed by atoms with van der Waals surface area (Å²) in [5, 5.41) is 0. The first-order valence-electron chi connectivity index (χ1n) is 4.64. The monoisotopic (exact) mass is 156 g/mol. The summed E-state index contributed by atoms with van der Waals surface area (Å²) in [4.78, 5) is 2.53. The molecule has 2 heteroatoms. The standard InChI is InChI=1S/C9H20N2/c1-8(2)6-11-4-3-9(5-10)7-11/h8-9H,3-7,10H2,1-2H3/t9-/m1/s1. The van der Waals surface area contributed by atoms with E-state index < -0.39 is 0 Å². The summed E-state index contributed by atoms with van der Waals surface area (Å²) in [5.41, 5.74) is 5.60. The summed E-state index contributed by atoms with van der Waals surface area (Å²) in [6.07, 6.45) is 1.31. The lowest BCUT2D eigenvalue weighted by atomic mass is 10.1. The first-order chi connectivity index (χ1) is 5.22. The van der Waals surface area contributed by atoms with Crippen LogP contribution in [0.1, 0.15) is 20.3 Å². The Morgan fingerprint density at radius 1 is 1.55 bits per heavy atom. The number of likely N-dealkylation sites (tertiary alicyclic amines) is 1. The van der Waals surface area contributed by atoms with Gasteiger partial charge >= 0.3 is 0 Å². The molecule has 0 amide bonds. The van der Waals surface area contributed by atoms with Gasteiger partial charge in [-0.1, -0.05) is 13.8 Å². The van der Waals surface area contributed by atoms with Crippen molar-refractivity contribution in [2.24, 2.45) is 17.6 Å². The van der Waals surface area contributed by atoms with Gasteiger partial charge in [0.2, 0.25) is 0 Å². The van der Waals surface area contributed by atoms with Crippen LogP contribution in [0.3, 0.4) is 0 Å². The normalized spacial score (nSPS) is 26.7. The summed E-state index contributed by atoms with van der Waals surface area (Å²) >= 11 is 0. The molecule has 0 saturated carbocycles. The Balaban J connectivity index is 2.19. The number of nitrogens with zero attached hydrogens (tertiary/aromatic N) is 1. The zero-order valence-electron chi connectivity index (χ0n) is 7.71. The van der Waals surface area contributed by atoms with Crippen LogP contribution in [-0.2, 0) is 0 Å². The van der Waals surface area contributed by atoms with Crippen molar-refractivity contribution in [1.82, 2.24) is 4.90 Å². The van der Waals surface area contributed by atoms with E-state index in [-0.39, 0.29) is 0 Å². The molecule has 1 heterocycles. The predicted octanol–water partition coefficient (Wildman–Crippen LogP) is 0.923. The van der Waals surface area contributed by atoms with E-state index in [1.807, 2.05) is 0 Å². The van der Waals surface area contributed by atoms with Crippen LogP contribution in [0.15, 0.2) is 0 Å². The maximum absolute atomic E-state index is 5.60. The van der Waals surface area contributed by atoms with E-state index in [9.17, 15) is 0 Å². The fourth-order valence-electron chi connectivity index (χ4n) is 1.79. The Hall–Kier alpha value is -0.0800. The Bertz CT molecular complexity index is 112. The molecule has 1 saturated heterocycles. The molecule has 0 aromatic carbocycles. The van der Waals surface area contributed by atoms with Crippen LogP contribution in [0.5, 0.6) is 0 Å². The third-order valence-corrected chi connectivity index (χ3v) is 2.33. The van der Waals surface area contributed by atoms with Crippen LogP contribution in [0.25, 0.3) is 0 Å². The molecule has 1 aliphatic rings. The third-order valence-electron chi connectivity index (χ3n) is 2.33. The van der Waals surface area contributed by atoms with Crippen molar-refractivity contribution in [3.63, 3.8) is 0 Å². The van der Waals surface area contributed by atoms with Gasteiger partial charge in [-0.3, -0.25) is 0 Å². The van der Waals surface area contributed by atoms with Gasteiger partial charge in [-0.05, 0) is 31.3 Å². The Morgan fingerprint density at radius 3 is 2.73 bits per heavy atom. The molecule has 0 aromatic rings. The highest BCUT2D eigenvalue weighted by Crippen LogP contribution is 2.15. The van der Waals surface area contributed by atoms with Crippen molar-refractivity contribution in [3.8, 4) is 0 Å². The molecular weight excluding hydrogens is 136 g/mol. The first kappa shape index (κ1) is 9.01. The first-order valence-corrected chi connectivity index (χ1v) is 4.64. The second-order valence-corrected chi connectivity index (χ2v) is 4.04. The molecule has 66 valence electrons. The van der Waals surface area contributed by atoms with Gasteiger partial charge in [0.15, 0.2) is 0 Å². The Labute approximate surface area is 69.8 Å². The predicted molar refractivity (Wildman–Crippen MR) is 48.4 cm³/mol. The number of rotatable bonds is 3. The molecule has 1 rings (SSSR count). The molecule has 2 nitrogen and oxygen atoms in total. The highest BCUT2D eigenvalue weighted by atomic mass is 15.1. The highest BCUT2D eigenvalue weighted by Gasteiger charge is 2.20. The van der Waals surface area contributed by atoms with Crippen molar-refractivity contribution in [3.05, 3.63) is 0 Å². The minimum absolute atomic E-state index is 0.772. The maximum Gasteiger partial charge on any atom is 0.00223 e. The SMILES string of the molecule is CC(C)CN1CC[C@H](CN)C1. The van der Waals surface area contributed by atoms with Gasteiger partial charge in [0, 0.05) is 13.1 Å². The lowest BCUT2D eigenvalue weighted by molar-refractivity contribution is 0.288. The van der Waals surface area contributed by atoms with Crippen molar-refractivity contribution < 1.29 is 0 Å². The van der Waals surface area contributed by atoms with Gasteiger partial charge in [0.25, 0.3) is 0 Å². The van der Waals surface area contributed by atoms with E-state index in [2.05, 4.69) is 18.7 Å². The molecule has 2 N–H and O–H groups in total. The largest absolute Gasteiger partial charge is 0.330 e. The van der Waals surface area contributed by atoms with Crippen LogP contribution in [-0.4, -0.2) is 31.1 Å². The second kappa shape index (κ2) is 4.07. The van der Waals surface area contributed by atoms with Gasteiger partial charge in [0.05, 0.1) is 0 Å². The van der Waals surface area contributed by atoms with Crippen molar-refractivity contribution in [2.75, 3.05) is 26.2 Å². The number of hydrogen-bond donors (Lipinski definition) is 1. The minimum atomic E-state index is 0.772. The van der Waals surface area contributed by atoms with Crippen LogP contribution in [0.4, 0.5) is 0 Å². The van der Waals surface area contributed by atoms with Crippen LogP contribution in [0, 0.1) is 11.8 Å². The zero-order valence-corrected chi connectivity index (χ0v) is 7.71. The Morgan fingerprint density at radius 2 is 2.27 bits per heavy atom. The van der Waals surface area contributed by atoms with Crippen molar-refractivity contribution in [2.45, 2.75) is 20.3 Å². The van der Waals surface area contributed by atoms with E-state index in [4.69, 9.17) is 5.73 Å². The summed E-state index contributed by atoms with van der Waals surface area (Å²) in [6.45, 7) is 9.16. The van der Waals surface area contributed by atoms with Crippen molar-refractivity contribution >= 4 is 0 Å². The van der Waals surface area contributed by atoms with Gasteiger partial charge in [-0.15, -0.1) is 0 Å². The van der Waals surface area contributed by atoms with Gasteiger partial charge in [-0.2, -0.15) is 0 Å². The number of nitrogens with two attached hydrogens (primary N) is 1. The zero-order chi connectivity index (χ0) is 8.27. The molecule has 0 unspecified atom stereocenters. The number of hydrogen-bond acceptors (Lipinski definition) is 2. The molecule has 11 heavy (non-hydrogen) atoms. The quantitative estimate of drug-likeness (QED) is 0.658. The average molecular weight is 156 g/mol. The molecule has 0 bridgehead atoms. The van der Waals surface area contributed by atoms with E-state index in [1.54, 1.807) is 0 Å². The fourth-order valence-corrected chi connectivity index (χ4v) is 1.79. The average Bonchev–Trinajstić information content (AvgIpc) is 2.34. The summed E-state index contributed by atoms with van der Waals surface area (Å²) in [7, 11) is 0. The van der Waals surface area contributed by atoms with Crippen LogP contribution < -0.4 is 5.73 Å². The van der Waals surface area contributed by atoms with Gasteiger partial charge < -0.3 is 10.6 Å². The molecule has 1 fully saturated rings. The highest BCUT2D eigenvalue weighted by molar-refractivity contribution is 4.76. The van der Waals surface area contributed by atoms with Crippen LogP contribution >= 0.6 is 0 Å². The van der Waals surface area contributed by atoms with Crippen molar-refractivity contribution in [1.29, 1.82) is 0 Å². The van der Waals surface area contributed by atoms with E-state index in [0.717, 1.165) is 18.4 Å². The molecule has 1 aliphatic heterocycles. The second-order valence-electron chi connectivity index (χ2n) is 4.04. The topological polar surface area (TPSA) is 29.3 Å². The third kappa shape index (κ3) is 2.80. The Kier molecular flexibility index (Phi) is 3.34. The lowest BCUT2D eigenvalue weighted by Crippen LogP contribution is -2.26. The summed E-state index contributed by atoms with van der Waals surface area (Å²) < 4.78 is 0. The smallest absolute Gasteiger partial charge is 0.00223 e. The fraction of sp³-hybridized carbons (Fsp3) is 1.00. The van der Waals surface area contributed by atoms with Crippen LogP contribution in [0.2, 0.25) is 0 Å². The lowest BCUT2D eigenvalue weighted by Gasteiger charge is -2.17. The molecule has 0 spiro atoms. The molecular formula is C9H20N2. The van der Waals surface area contributed by atoms with E-state index in [0.29, 0.717) is 0 Å². The maximum atomic E-state index is 5.60. The summed E-state index contributed by atoms with van der Waals surface area (Å²) in [5.74, 6) is 1.57. The van der Waals surface area contributed by atoms with E-state index in [1.165, 1.54) is 26.1 Å². The molecule has 1 atom stereocenters. The molecule has 0 aromatic heterocycles. The van der Waals surface area contributed by atoms with E-state index >= 15 is 0 Å². The molecule has 0 aliphatic carbocycles. The minimum Gasteiger partial charge on any atom is -0.330 e. The van der Waals surface area contributed by atoms with Gasteiger partial charge in [-0.25, -0.2) is 0 Å².